The summed E-state index contributed by atoms with van der Waals surface area (Å²) in [5.41, 5.74) is 3.45. The molecular formula is C32H31N3O7S. The number of benzene rings is 3. The Morgan fingerprint density at radius 2 is 1.60 bits per heavy atom. The number of aryl methyl sites for hydroxylation is 2. The topological polar surface area (TPSA) is 115 Å². The minimum absolute atomic E-state index is 0.0710. The van der Waals surface area contributed by atoms with Crippen molar-refractivity contribution in [3.05, 3.63) is 95.7 Å². The number of carbonyl (C=O) groups excluding carboxylic acids is 3. The van der Waals surface area contributed by atoms with Crippen molar-refractivity contribution in [3.63, 3.8) is 0 Å². The molecule has 0 bridgehead atoms. The summed E-state index contributed by atoms with van der Waals surface area (Å²) in [6.45, 7) is 2.26. The average Bonchev–Trinajstić information content (AvgIpc) is 3.49. The molecule has 10 nitrogen and oxygen atoms in total. The molecule has 3 heterocycles. The third kappa shape index (κ3) is 4.88. The van der Waals surface area contributed by atoms with Crippen molar-refractivity contribution < 1.29 is 32.3 Å². The first-order valence-corrected chi connectivity index (χ1v) is 15.4. The highest BCUT2D eigenvalue weighted by molar-refractivity contribution is 7.90. The molecular weight excluding hydrogens is 570 g/mol. The number of hydrogen-bond acceptors (Lipinski definition) is 8. The Morgan fingerprint density at radius 3 is 2.30 bits per heavy atom. The maximum Gasteiger partial charge on any atom is 0.422 e. The Hall–Kier alpha value is -4.48. The maximum atomic E-state index is 14.1. The Morgan fingerprint density at radius 1 is 0.953 bits per heavy atom. The van der Waals surface area contributed by atoms with Crippen LogP contribution < -0.4 is 4.90 Å². The summed E-state index contributed by atoms with van der Waals surface area (Å²) in [5.74, 6) is -5.20. The number of anilines is 1. The van der Waals surface area contributed by atoms with E-state index in [2.05, 4.69) is 0 Å². The van der Waals surface area contributed by atoms with Gasteiger partial charge < -0.3 is 14.4 Å². The molecule has 2 aliphatic heterocycles. The summed E-state index contributed by atoms with van der Waals surface area (Å²) < 4.78 is 39.8. The van der Waals surface area contributed by atoms with Gasteiger partial charge in [0.1, 0.15) is 0 Å². The molecule has 1 spiro atoms. The van der Waals surface area contributed by atoms with Crippen LogP contribution in [0.5, 0.6) is 0 Å². The van der Waals surface area contributed by atoms with Gasteiger partial charge in [-0.15, -0.1) is 0 Å². The Kier molecular flexibility index (Phi) is 7.10. The number of amides is 1. The SMILES string of the molecule is Cc1ccc(S(=O)(=O)n2cc(CCC(=O)N3c4ccccc4CC(CN(C)C)C34OC(=O)C(=O)O4)c3ccccc32)cc1. The quantitative estimate of drug-likeness (QED) is 0.233. The summed E-state index contributed by atoms with van der Waals surface area (Å²) in [5, 5.41) is 0.698. The van der Waals surface area contributed by atoms with Gasteiger partial charge in [0, 0.05) is 24.5 Å². The zero-order chi connectivity index (χ0) is 30.5. The van der Waals surface area contributed by atoms with E-state index in [1.54, 1.807) is 54.7 Å². The second kappa shape index (κ2) is 10.7. The molecule has 1 saturated heterocycles. The van der Waals surface area contributed by atoms with Gasteiger partial charge in [-0.3, -0.25) is 4.79 Å². The van der Waals surface area contributed by atoms with Gasteiger partial charge in [-0.05, 0) is 69.3 Å². The number of carbonyl (C=O) groups is 3. The molecule has 6 rings (SSSR count). The van der Waals surface area contributed by atoms with Crippen molar-refractivity contribution in [3.8, 4) is 0 Å². The summed E-state index contributed by atoms with van der Waals surface area (Å²) >= 11 is 0. The fourth-order valence-corrected chi connectivity index (χ4v) is 7.39. The molecule has 2 aliphatic rings. The molecule has 4 aromatic rings. The highest BCUT2D eigenvalue weighted by Gasteiger charge is 2.62. The lowest BCUT2D eigenvalue weighted by molar-refractivity contribution is -0.206. The van der Waals surface area contributed by atoms with Crippen molar-refractivity contribution in [1.82, 2.24) is 8.87 Å². The molecule has 0 aliphatic carbocycles. The molecule has 11 heteroatoms. The fourth-order valence-electron chi connectivity index (χ4n) is 6.00. The highest BCUT2D eigenvalue weighted by atomic mass is 32.2. The monoisotopic (exact) mass is 601 g/mol. The lowest BCUT2D eigenvalue weighted by Gasteiger charge is -2.46. The van der Waals surface area contributed by atoms with Crippen molar-refractivity contribution in [2.45, 2.75) is 37.0 Å². The number of rotatable bonds is 7. The van der Waals surface area contributed by atoms with Crippen LogP contribution in [-0.4, -0.2) is 61.7 Å². The zero-order valence-electron chi connectivity index (χ0n) is 24.0. The third-order valence-corrected chi connectivity index (χ3v) is 9.64. The van der Waals surface area contributed by atoms with E-state index in [0.29, 0.717) is 35.1 Å². The molecule has 1 atom stereocenters. The summed E-state index contributed by atoms with van der Waals surface area (Å²) in [6.07, 6.45) is 2.09. The van der Waals surface area contributed by atoms with E-state index < -0.39 is 39.7 Å². The van der Waals surface area contributed by atoms with Crippen molar-refractivity contribution in [1.29, 1.82) is 0 Å². The van der Waals surface area contributed by atoms with E-state index in [1.807, 2.05) is 50.2 Å². The molecule has 3 aromatic carbocycles. The van der Waals surface area contributed by atoms with Gasteiger partial charge in [-0.2, -0.15) is 0 Å². The predicted molar refractivity (Wildman–Crippen MR) is 159 cm³/mol. The molecule has 1 unspecified atom stereocenters. The Labute approximate surface area is 249 Å². The van der Waals surface area contributed by atoms with E-state index in [1.165, 1.54) is 8.87 Å². The summed E-state index contributed by atoms with van der Waals surface area (Å²) in [7, 11) is -0.215. The lowest BCUT2D eigenvalue weighted by Crippen LogP contribution is -2.63. The summed E-state index contributed by atoms with van der Waals surface area (Å²) in [4.78, 5) is 42.3. The predicted octanol–water partition coefficient (Wildman–Crippen LogP) is 3.64. The molecule has 1 aromatic heterocycles. The van der Waals surface area contributed by atoms with E-state index in [4.69, 9.17) is 9.47 Å². The number of ether oxygens (including phenoxy) is 2. The third-order valence-electron chi connectivity index (χ3n) is 7.95. The van der Waals surface area contributed by atoms with E-state index in [0.717, 1.165) is 11.1 Å². The number of esters is 2. The van der Waals surface area contributed by atoms with Gasteiger partial charge in [0.05, 0.1) is 22.0 Å². The van der Waals surface area contributed by atoms with Crippen LogP contribution in [0.25, 0.3) is 10.9 Å². The van der Waals surface area contributed by atoms with Crippen molar-refractivity contribution >= 4 is 44.5 Å². The highest BCUT2D eigenvalue weighted by Crippen LogP contribution is 2.45. The van der Waals surface area contributed by atoms with E-state index >= 15 is 0 Å². The zero-order valence-corrected chi connectivity index (χ0v) is 24.8. The maximum absolute atomic E-state index is 14.1. The molecule has 0 saturated carbocycles. The minimum Gasteiger partial charge on any atom is -0.394 e. The smallest absolute Gasteiger partial charge is 0.394 e. The Bertz CT molecular complexity index is 1850. The molecule has 1 fully saturated rings. The molecule has 0 N–H and O–H groups in total. The second-order valence-electron chi connectivity index (χ2n) is 11.2. The number of nitrogens with zero attached hydrogens (tertiary/aromatic N) is 3. The first-order chi connectivity index (χ1) is 20.5. The minimum atomic E-state index is -3.91. The van der Waals surface area contributed by atoms with Crippen LogP contribution in [0, 0.1) is 12.8 Å². The first-order valence-electron chi connectivity index (χ1n) is 13.9. The first kappa shape index (κ1) is 28.6. The van der Waals surface area contributed by atoms with Gasteiger partial charge >= 0.3 is 17.8 Å². The van der Waals surface area contributed by atoms with Gasteiger partial charge in [0.15, 0.2) is 0 Å². The summed E-state index contributed by atoms with van der Waals surface area (Å²) in [6, 6.07) is 21.0. The number of hydrogen-bond donors (Lipinski definition) is 0. The number of fused-ring (bicyclic) bond motifs is 2. The number of para-hydroxylation sites is 2. The van der Waals surface area contributed by atoms with Crippen molar-refractivity contribution in [2.75, 3.05) is 25.5 Å². The van der Waals surface area contributed by atoms with Gasteiger partial charge in [0.2, 0.25) is 5.91 Å². The van der Waals surface area contributed by atoms with Gasteiger partial charge in [-0.25, -0.2) is 26.9 Å². The van der Waals surface area contributed by atoms with Crippen LogP contribution in [0.4, 0.5) is 5.69 Å². The second-order valence-corrected chi connectivity index (χ2v) is 13.0. The standard InChI is InChI=1S/C32H31N3O7S/c1-21-12-15-25(16-13-21)43(39,40)34-19-23(26-9-5-7-11-28(26)34)14-17-29(36)35-27-10-6-4-8-22(27)18-24(20-33(2)3)32(35)41-30(37)31(38)42-32/h4-13,15-16,19,24H,14,17-18,20H2,1-3H3. The molecule has 222 valence electrons. The molecule has 0 radical (unpaired) electrons. The molecule has 1 amide bonds. The van der Waals surface area contributed by atoms with Crippen LogP contribution in [-0.2, 0) is 46.7 Å². The fraction of sp³-hybridized carbons (Fsp3) is 0.281. The number of aromatic nitrogens is 1. The molecule has 43 heavy (non-hydrogen) atoms. The van der Waals surface area contributed by atoms with Crippen LogP contribution in [0.2, 0.25) is 0 Å². The van der Waals surface area contributed by atoms with E-state index in [9.17, 15) is 22.8 Å². The normalized spacial score (nSPS) is 17.8. The van der Waals surface area contributed by atoms with Crippen LogP contribution in [0.15, 0.2) is 83.9 Å². The van der Waals surface area contributed by atoms with Crippen LogP contribution >= 0.6 is 0 Å². The van der Waals surface area contributed by atoms with Crippen LogP contribution in [0.1, 0.15) is 23.1 Å². The van der Waals surface area contributed by atoms with Crippen LogP contribution in [0.3, 0.4) is 0 Å². The average molecular weight is 602 g/mol. The van der Waals surface area contributed by atoms with Gasteiger partial charge in [-0.1, -0.05) is 54.1 Å². The van der Waals surface area contributed by atoms with Gasteiger partial charge in [0.25, 0.3) is 10.0 Å². The Balaban J connectivity index is 1.37. The van der Waals surface area contributed by atoms with Crippen molar-refractivity contribution in [2.24, 2.45) is 5.92 Å². The van der Waals surface area contributed by atoms with E-state index in [-0.39, 0.29) is 17.7 Å². The lowest BCUT2D eigenvalue weighted by atomic mass is 9.87. The largest absolute Gasteiger partial charge is 0.422 e.